The molecule has 3 aromatic rings. The van der Waals surface area contributed by atoms with Crippen LogP contribution in [0.25, 0.3) is 5.69 Å². The Morgan fingerprint density at radius 3 is 2.47 bits per heavy atom. The maximum absolute atomic E-state index is 13.0. The molecule has 4 N–H and O–H groups in total. The number of hydrogen-bond donors (Lipinski definition) is 4. The smallest absolute Gasteiger partial charge is 0.320 e. The van der Waals surface area contributed by atoms with E-state index in [-0.39, 0.29) is 5.88 Å². The lowest BCUT2D eigenvalue weighted by Crippen LogP contribution is -2.55. The van der Waals surface area contributed by atoms with Crippen LogP contribution in [0.5, 0.6) is 5.88 Å². The third-order valence-corrected chi connectivity index (χ3v) is 6.22. The number of anilines is 1. The van der Waals surface area contributed by atoms with E-state index < -0.39 is 29.7 Å². The van der Waals surface area contributed by atoms with Gasteiger partial charge in [0.2, 0.25) is 5.88 Å². The predicted molar refractivity (Wildman–Crippen MR) is 121 cm³/mol. The van der Waals surface area contributed by atoms with E-state index in [9.17, 15) is 15.0 Å². The van der Waals surface area contributed by atoms with Gasteiger partial charge >= 0.3 is 6.03 Å². The number of aromatic hydroxyl groups is 1. The van der Waals surface area contributed by atoms with Crippen LogP contribution in [0.4, 0.5) is 10.6 Å². The number of urea groups is 1. The molecule has 0 aliphatic heterocycles. The molecule has 1 heterocycles. The highest BCUT2D eigenvalue weighted by molar-refractivity contribution is 5.90. The van der Waals surface area contributed by atoms with E-state index in [4.69, 9.17) is 4.74 Å². The van der Waals surface area contributed by atoms with Crippen LogP contribution in [0.15, 0.2) is 54.6 Å². The second kappa shape index (κ2) is 8.29. The summed E-state index contributed by atoms with van der Waals surface area (Å²) in [5, 5.41) is 31.1. The number of rotatable bonds is 4. The number of carbonyl (C=O) groups is 1. The van der Waals surface area contributed by atoms with E-state index in [0.717, 1.165) is 11.1 Å². The molecule has 0 spiro atoms. The van der Waals surface area contributed by atoms with Crippen molar-refractivity contribution < 1.29 is 19.7 Å². The lowest BCUT2D eigenvalue weighted by Gasteiger charge is -2.46. The zero-order valence-electron chi connectivity index (χ0n) is 18.5. The Morgan fingerprint density at radius 2 is 1.78 bits per heavy atom. The van der Waals surface area contributed by atoms with Gasteiger partial charge in [-0.25, -0.2) is 9.48 Å². The highest BCUT2D eigenvalue weighted by Crippen LogP contribution is 2.43. The number of nitrogens with zero attached hydrogens (tertiary/aromatic N) is 2. The molecular formula is C24H28N4O4. The first-order chi connectivity index (χ1) is 15.3. The van der Waals surface area contributed by atoms with Gasteiger partial charge in [0.15, 0.2) is 0 Å². The van der Waals surface area contributed by atoms with E-state index in [2.05, 4.69) is 15.7 Å². The molecule has 0 radical (unpaired) electrons. The van der Waals surface area contributed by atoms with Crippen LogP contribution < -0.4 is 10.6 Å². The summed E-state index contributed by atoms with van der Waals surface area (Å²) in [7, 11) is 1.56. The molecule has 2 amide bonds. The van der Waals surface area contributed by atoms with Crippen LogP contribution in [0.3, 0.4) is 0 Å². The number of aliphatic hydroxyl groups is 1. The number of nitrogens with one attached hydrogen (secondary N) is 2. The van der Waals surface area contributed by atoms with Gasteiger partial charge in [0.1, 0.15) is 11.9 Å². The molecule has 168 valence electrons. The molecule has 1 aliphatic carbocycles. The van der Waals surface area contributed by atoms with Gasteiger partial charge in [-0.3, -0.25) is 5.32 Å². The van der Waals surface area contributed by atoms with E-state index in [1.807, 2.05) is 68.4 Å². The van der Waals surface area contributed by atoms with Crippen LogP contribution in [0.2, 0.25) is 0 Å². The molecule has 0 fully saturated rings. The zero-order chi connectivity index (χ0) is 23.0. The Bertz CT molecular complexity index is 1130. The van der Waals surface area contributed by atoms with Crippen LogP contribution in [-0.2, 0) is 10.2 Å². The number of benzene rings is 2. The van der Waals surface area contributed by atoms with Crippen molar-refractivity contribution in [3.8, 4) is 11.6 Å². The Morgan fingerprint density at radius 1 is 1.12 bits per heavy atom. The number of para-hydroxylation sites is 1. The summed E-state index contributed by atoms with van der Waals surface area (Å²) in [6.45, 7) is 5.71. The van der Waals surface area contributed by atoms with Crippen LogP contribution in [0.1, 0.15) is 36.6 Å². The Kier molecular flexibility index (Phi) is 5.66. The van der Waals surface area contributed by atoms with E-state index in [0.29, 0.717) is 17.1 Å². The third kappa shape index (κ3) is 3.61. The molecule has 1 aliphatic rings. The molecule has 8 heteroatoms. The minimum Gasteiger partial charge on any atom is -0.492 e. The number of aromatic nitrogens is 2. The first-order valence-electron chi connectivity index (χ1n) is 10.5. The number of fused-ring (bicyclic) bond motifs is 1. The number of carbonyl (C=O) groups excluding carboxylic acids is 1. The highest BCUT2D eigenvalue weighted by Gasteiger charge is 2.47. The summed E-state index contributed by atoms with van der Waals surface area (Å²) in [6, 6.07) is 15.7. The monoisotopic (exact) mass is 436 g/mol. The third-order valence-electron chi connectivity index (χ3n) is 6.22. The molecule has 0 bridgehead atoms. The summed E-state index contributed by atoms with van der Waals surface area (Å²) in [4.78, 5) is 13.0. The average Bonchev–Trinajstić information content (AvgIpc) is 3.06. The van der Waals surface area contributed by atoms with Crippen molar-refractivity contribution in [2.24, 2.45) is 0 Å². The second-order valence-electron chi connectivity index (χ2n) is 8.58. The molecule has 1 aromatic heterocycles. The summed E-state index contributed by atoms with van der Waals surface area (Å²) in [6.07, 6.45) is -1.47. The first-order valence-corrected chi connectivity index (χ1v) is 10.5. The van der Waals surface area contributed by atoms with Gasteiger partial charge < -0.3 is 20.3 Å². The molecule has 2 aromatic carbocycles. The van der Waals surface area contributed by atoms with Gasteiger partial charge in [-0.15, -0.1) is 5.10 Å². The summed E-state index contributed by atoms with van der Waals surface area (Å²) < 4.78 is 7.10. The maximum atomic E-state index is 13.0. The quantitative estimate of drug-likeness (QED) is 0.501. The van der Waals surface area contributed by atoms with Crippen LogP contribution >= 0.6 is 0 Å². The lowest BCUT2D eigenvalue weighted by atomic mass is 9.67. The Balaban J connectivity index is 1.64. The number of amides is 2. The SMILES string of the molecule is CO[C@H]1[C@@H](O)[C@H](NC(=O)Nc2c(C)c(O)nn2-c2ccccc2)c2ccccc2C1(C)C. The molecule has 0 unspecified atom stereocenters. The summed E-state index contributed by atoms with van der Waals surface area (Å²) in [5.74, 6) is 0.168. The van der Waals surface area contributed by atoms with Crippen molar-refractivity contribution in [3.05, 3.63) is 71.3 Å². The first kappa shape index (κ1) is 21.9. The zero-order valence-corrected chi connectivity index (χ0v) is 18.5. The van der Waals surface area contributed by atoms with Gasteiger partial charge in [-0.1, -0.05) is 56.3 Å². The van der Waals surface area contributed by atoms with Gasteiger partial charge in [-0.2, -0.15) is 0 Å². The minimum absolute atomic E-state index is 0.173. The fraction of sp³-hybridized carbons (Fsp3) is 0.333. The summed E-state index contributed by atoms with van der Waals surface area (Å²) >= 11 is 0. The fourth-order valence-corrected chi connectivity index (χ4v) is 4.56. The van der Waals surface area contributed by atoms with Crippen molar-refractivity contribution in [3.63, 3.8) is 0 Å². The van der Waals surface area contributed by atoms with Crippen molar-refractivity contribution in [1.82, 2.24) is 15.1 Å². The van der Waals surface area contributed by atoms with Crippen molar-refractivity contribution in [2.75, 3.05) is 12.4 Å². The van der Waals surface area contributed by atoms with E-state index in [1.165, 1.54) is 4.68 Å². The Labute approximate surface area is 186 Å². The topological polar surface area (TPSA) is 109 Å². The second-order valence-corrected chi connectivity index (χ2v) is 8.58. The molecule has 0 saturated carbocycles. The number of hydrogen-bond acceptors (Lipinski definition) is 5. The van der Waals surface area contributed by atoms with Gasteiger partial charge in [0.25, 0.3) is 0 Å². The van der Waals surface area contributed by atoms with Gasteiger partial charge in [-0.05, 0) is 30.2 Å². The molecule has 0 saturated heterocycles. The molecule has 3 atom stereocenters. The minimum atomic E-state index is -0.954. The van der Waals surface area contributed by atoms with E-state index >= 15 is 0 Å². The van der Waals surface area contributed by atoms with Crippen molar-refractivity contribution in [2.45, 2.75) is 44.4 Å². The van der Waals surface area contributed by atoms with Gasteiger partial charge in [0.05, 0.1) is 23.4 Å². The normalized spacial score (nSPS) is 21.6. The number of ether oxygens (including phenoxy) is 1. The standard InChI is InChI=1S/C24H28N4O4/c1-14-21(28(27-22(14)30)15-10-6-5-7-11-15)26-23(31)25-18-16-12-8-9-13-17(16)24(2,3)20(32-4)19(18)29/h5-13,18-20,29H,1-4H3,(H,27,30)(H2,25,26,31)/t18-,19+,20+/m1/s1. The Hall–Kier alpha value is -3.36. The van der Waals surface area contributed by atoms with Crippen molar-refractivity contribution >= 4 is 11.8 Å². The number of methoxy groups -OCH3 is 1. The average molecular weight is 437 g/mol. The lowest BCUT2D eigenvalue weighted by molar-refractivity contribution is -0.0730. The fourth-order valence-electron chi connectivity index (χ4n) is 4.56. The maximum Gasteiger partial charge on any atom is 0.320 e. The largest absolute Gasteiger partial charge is 0.492 e. The van der Waals surface area contributed by atoms with Crippen LogP contribution in [-0.4, -0.2) is 45.3 Å². The number of aliphatic hydroxyl groups excluding tert-OH is 1. The highest BCUT2D eigenvalue weighted by atomic mass is 16.5. The molecular weight excluding hydrogens is 408 g/mol. The summed E-state index contributed by atoms with van der Waals surface area (Å²) in [5.41, 5.74) is 2.53. The molecule has 32 heavy (non-hydrogen) atoms. The predicted octanol–water partition coefficient (Wildman–Crippen LogP) is 3.42. The van der Waals surface area contributed by atoms with E-state index in [1.54, 1.807) is 14.0 Å². The van der Waals surface area contributed by atoms with Crippen LogP contribution in [0, 0.1) is 6.92 Å². The van der Waals surface area contributed by atoms with Crippen molar-refractivity contribution in [1.29, 1.82) is 0 Å². The van der Waals surface area contributed by atoms with Gasteiger partial charge in [0, 0.05) is 12.5 Å². The molecule has 4 rings (SSSR count). The molecule has 8 nitrogen and oxygen atoms in total.